The zero-order valence-corrected chi connectivity index (χ0v) is 18.4. The first-order valence-electron chi connectivity index (χ1n) is 11.5. The van der Waals surface area contributed by atoms with Crippen LogP contribution in [0.1, 0.15) is 38.5 Å². The Labute approximate surface area is 184 Å². The fourth-order valence-electron chi connectivity index (χ4n) is 4.94. The van der Waals surface area contributed by atoms with Crippen LogP contribution in [-0.4, -0.2) is 69.4 Å². The summed E-state index contributed by atoms with van der Waals surface area (Å²) in [6.45, 7) is 5.05. The van der Waals surface area contributed by atoms with Gasteiger partial charge in [-0.25, -0.2) is 4.79 Å². The molecule has 0 bridgehead atoms. The van der Waals surface area contributed by atoms with Crippen molar-refractivity contribution >= 4 is 23.3 Å². The summed E-state index contributed by atoms with van der Waals surface area (Å²) in [6, 6.07) is 5.51. The van der Waals surface area contributed by atoms with E-state index in [9.17, 15) is 9.59 Å². The average Bonchev–Trinajstić information content (AvgIpc) is 3.49. The van der Waals surface area contributed by atoms with E-state index in [1.54, 1.807) is 24.1 Å². The monoisotopic (exact) mass is 430 g/mol. The number of methoxy groups -OCH3 is 1. The summed E-state index contributed by atoms with van der Waals surface area (Å²) in [5.41, 5.74) is 1.36. The lowest BCUT2D eigenvalue weighted by Gasteiger charge is -2.32. The van der Waals surface area contributed by atoms with Crippen molar-refractivity contribution < 1.29 is 19.1 Å². The van der Waals surface area contributed by atoms with Gasteiger partial charge in [-0.05, 0) is 63.4 Å². The van der Waals surface area contributed by atoms with E-state index in [0.717, 1.165) is 45.6 Å². The van der Waals surface area contributed by atoms with Gasteiger partial charge in [0.25, 0.3) is 0 Å². The highest BCUT2D eigenvalue weighted by atomic mass is 16.5. The van der Waals surface area contributed by atoms with E-state index in [1.165, 1.54) is 12.8 Å². The molecule has 3 fully saturated rings. The van der Waals surface area contributed by atoms with Gasteiger partial charge in [0.05, 0.1) is 19.4 Å². The SMILES string of the molecule is COc1ccc(NC(=O)NC[C@H]([C@H]2CCOC2)N2CCCC2)cc1N1CCCCC1=O. The summed E-state index contributed by atoms with van der Waals surface area (Å²) in [6.07, 6.45) is 5.93. The van der Waals surface area contributed by atoms with Gasteiger partial charge in [-0.3, -0.25) is 9.69 Å². The maximum Gasteiger partial charge on any atom is 0.319 e. The molecule has 0 aromatic heterocycles. The summed E-state index contributed by atoms with van der Waals surface area (Å²) in [5.74, 6) is 1.20. The molecule has 170 valence electrons. The van der Waals surface area contributed by atoms with Crippen LogP contribution < -0.4 is 20.3 Å². The number of ether oxygens (including phenoxy) is 2. The molecule has 0 spiro atoms. The van der Waals surface area contributed by atoms with Gasteiger partial charge in [-0.2, -0.15) is 0 Å². The minimum Gasteiger partial charge on any atom is -0.495 e. The quantitative estimate of drug-likeness (QED) is 0.695. The number of piperidine rings is 1. The molecule has 4 rings (SSSR count). The van der Waals surface area contributed by atoms with Crippen LogP contribution in [0, 0.1) is 5.92 Å². The molecule has 2 N–H and O–H groups in total. The number of anilines is 2. The highest BCUT2D eigenvalue weighted by Gasteiger charge is 2.32. The molecule has 31 heavy (non-hydrogen) atoms. The van der Waals surface area contributed by atoms with Crippen molar-refractivity contribution in [1.29, 1.82) is 0 Å². The van der Waals surface area contributed by atoms with Gasteiger partial charge in [0, 0.05) is 43.8 Å². The van der Waals surface area contributed by atoms with Crippen LogP contribution in [0.15, 0.2) is 18.2 Å². The molecule has 3 saturated heterocycles. The van der Waals surface area contributed by atoms with Crippen LogP contribution in [0.2, 0.25) is 0 Å². The number of likely N-dealkylation sites (tertiary alicyclic amines) is 1. The number of hydrogen-bond acceptors (Lipinski definition) is 5. The summed E-state index contributed by atoms with van der Waals surface area (Å²) >= 11 is 0. The Morgan fingerprint density at radius 1 is 1.23 bits per heavy atom. The lowest BCUT2D eigenvalue weighted by Crippen LogP contribution is -2.48. The first-order valence-corrected chi connectivity index (χ1v) is 11.5. The Morgan fingerprint density at radius 2 is 2.03 bits per heavy atom. The molecule has 2 atom stereocenters. The molecular formula is C23H34N4O4. The van der Waals surface area contributed by atoms with E-state index in [-0.39, 0.29) is 11.9 Å². The normalized spacial score (nSPS) is 23.1. The fourth-order valence-corrected chi connectivity index (χ4v) is 4.94. The summed E-state index contributed by atoms with van der Waals surface area (Å²) in [4.78, 5) is 29.3. The van der Waals surface area contributed by atoms with Gasteiger partial charge in [0.1, 0.15) is 5.75 Å². The molecule has 1 aromatic carbocycles. The molecule has 0 unspecified atom stereocenters. The molecule has 3 aliphatic rings. The van der Waals surface area contributed by atoms with Crippen molar-refractivity contribution in [2.75, 3.05) is 56.7 Å². The van der Waals surface area contributed by atoms with Gasteiger partial charge < -0.3 is 25.0 Å². The molecule has 8 nitrogen and oxygen atoms in total. The van der Waals surface area contributed by atoms with Crippen molar-refractivity contribution in [3.63, 3.8) is 0 Å². The highest BCUT2D eigenvalue weighted by Crippen LogP contribution is 2.33. The second kappa shape index (κ2) is 10.3. The Bertz CT molecular complexity index is 759. The average molecular weight is 431 g/mol. The molecular weight excluding hydrogens is 396 g/mol. The van der Waals surface area contributed by atoms with Crippen molar-refractivity contribution in [2.24, 2.45) is 5.92 Å². The topological polar surface area (TPSA) is 83.1 Å². The summed E-state index contributed by atoms with van der Waals surface area (Å²) < 4.78 is 11.1. The Kier molecular flexibility index (Phi) is 7.29. The lowest BCUT2D eigenvalue weighted by atomic mass is 9.97. The summed E-state index contributed by atoms with van der Waals surface area (Å²) in [7, 11) is 1.60. The van der Waals surface area contributed by atoms with E-state index in [1.807, 2.05) is 6.07 Å². The third kappa shape index (κ3) is 5.30. The first-order chi connectivity index (χ1) is 15.2. The zero-order valence-electron chi connectivity index (χ0n) is 18.4. The van der Waals surface area contributed by atoms with Crippen LogP contribution in [0.3, 0.4) is 0 Å². The number of benzene rings is 1. The minimum absolute atomic E-state index is 0.0957. The number of rotatable bonds is 7. The number of nitrogens with one attached hydrogen (secondary N) is 2. The fraction of sp³-hybridized carbons (Fsp3) is 0.652. The number of amides is 3. The number of hydrogen-bond donors (Lipinski definition) is 2. The predicted molar refractivity (Wildman–Crippen MR) is 120 cm³/mol. The van der Waals surface area contributed by atoms with Crippen LogP contribution in [0.4, 0.5) is 16.2 Å². The molecule has 0 saturated carbocycles. The summed E-state index contributed by atoms with van der Waals surface area (Å²) in [5, 5.41) is 5.99. The maximum atomic E-state index is 12.7. The Morgan fingerprint density at radius 3 is 2.74 bits per heavy atom. The molecule has 3 aliphatic heterocycles. The zero-order chi connectivity index (χ0) is 21.6. The first kappa shape index (κ1) is 21.9. The minimum atomic E-state index is -0.232. The Balaban J connectivity index is 1.39. The van der Waals surface area contributed by atoms with Crippen LogP contribution >= 0.6 is 0 Å². The van der Waals surface area contributed by atoms with Gasteiger partial charge in [-0.15, -0.1) is 0 Å². The molecule has 3 heterocycles. The van der Waals surface area contributed by atoms with Crippen molar-refractivity contribution in [3.05, 3.63) is 18.2 Å². The molecule has 1 aromatic rings. The molecule has 0 radical (unpaired) electrons. The second-order valence-electron chi connectivity index (χ2n) is 8.66. The number of carbonyl (C=O) groups is 2. The largest absolute Gasteiger partial charge is 0.495 e. The molecule has 0 aliphatic carbocycles. The smallest absolute Gasteiger partial charge is 0.319 e. The number of carbonyl (C=O) groups excluding carboxylic acids is 2. The predicted octanol–water partition coefficient (Wildman–Crippen LogP) is 2.83. The van der Waals surface area contributed by atoms with Crippen LogP contribution in [0.5, 0.6) is 5.75 Å². The maximum absolute atomic E-state index is 12.7. The Hall–Kier alpha value is -2.32. The highest BCUT2D eigenvalue weighted by molar-refractivity contribution is 5.97. The van der Waals surface area contributed by atoms with Gasteiger partial charge in [0.15, 0.2) is 0 Å². The van der Waals surface area contributed by atoms with Gasteiger partial charge in [-0.1, -0.05) is 0 Å². The van der Waals surface area contributed by atoms with Crippen LogP contribution in [-0.2, 0) is 9.53 Å². The van der Waals surface area contributed by atoms with Crippen molar-refractivity contribution in [2.45, 2.75) is 44.6 Å². The molecule has 8 heteroatoms. The van der Waals surface area contributed by atoms with E-state index in [0.29, 0.717) is 48.6 Å². The van der Waals surface area contributed by atoms with Crippen molar-refractivity contribution in [3.8, 4) is 5.75 Å². The van der Waals surface area contributed by atoms with E-state index < -0.39 is 0 Å². The number of nitrogens with zero attached hydrogens (tertiary/aromatic N) is 2. The van der Waals surface area contributed by atoms with Gasteiger partial charge >= 0.3 is 6.03 Å². The third-order valence-corrected chi connectivity index (χ3v) is 6.64. The van der Waals surface area contributed by atoms with E-state index in [2.05, 4.69) is 15.5 Å². The van der Waals surface area contributed by atoms with Crippen molar-refractivity contribution in [1.82, 2.24) is 10.2 Å². The van der Waals surface area contributed by atoms with Crippen LogP contribution in [0.25, 0.3) is 0 Å². The molecule has 3 amide bonds. The third-order valence-electron chi connectivity index (χ3n) is 6.64. The lowest BCUT2D eigenvalue weighted by molar-refractivity contribution is -0.119. The van der Waals surface area contributed by atoms with E-state index in [4.69, 9.17) is 9.47 Å². The van der Waals surface area contributed by atoms with E-state index >= 15 is 0 Å². The number of urea groups is 1. The standard InChI is InChI=1S/C23H34N4O4/c1-30-21-8-7-18(14-19(21)27-12-3-2-6-22(27)28)25-23(29)24-15-20(17-9-13-31-16-17)26-10-4-5-11-26/h7-8,14,17,20H,2-6,9-13,15-16H2,1H3,(H2,24,25,29)/t17-,20+/m0/s1. The van der Waals surface area contributed by atoms with Gasteiger partial charge in [0.2, 0.25) is 5.91 Å². The second-order valence-corrected chi connectivity index (χ2v) is 8.66.